The average Bonchev–Trinajstić information content (AvgIpc) is 3.12. The zero-order chi connectivity index (χ0) is 18.1. The Bertz CT molecular complexity index is 808. The van der Waals surface area contributed by atoms with E-state index >= 15 is 0 Å². The predicted octanol–water partition coefficient (Wildman–Crippen LogP) is 1.67. The minimum atomic E-state index is -0.0799. The molecular formula is C19H25N5O2. The third kappa shape index (κ3) is 3.07. The monoisotopic (exact) mass is 355 g/mol. The van der Waals surface area contributed by atoms with Crippen molar-refractivity contribution in [2.45, 2.75) is 45.2 Å². The summed E-state index contributed by atoms with van der Waals surface area (Å²) in [7, 11) is 0. The van der Waals surface area contributed by atoms with Gasteiger partial charge in [0, 0.05) is 32.1 Å². The lowest BCUT2D eigenvalue weighted by atomic mass is 9.95. The van der Waals surface area contributed by atoms with Gasteiger partial charge in [-0.1, -0.05) is 13.0 Å². The highest BCUT2D eigenvalue weighted by molar-refractivity contribution is 5.97. The fraction of sp³-hybridized carbons (Fsp3) is 0.526. The van der Waals surface area contributed by atoms with Gasteiger partial charge >= 0.3 is 0 Å². The maximum Gasteiger partial charge on any atom is 0.257 e. The number of likely N-dealkylation sites (tertiary alicyclic amines) is 1. The van der Waals surface area contributed by atoms with Crippen LogP contribution in [0.1, 0.15) is 53.3 Å². The Labute approximate surface area is 153 Å². The van der Waals surface area contributed by atoms with Gasteiger partial charge in [0.05, 0.1) is 12.1 Å². The number of aromatic hydroxyl groups is 1. The molecule has 4 rings (SSSR count). The van der Waals surface area contributed by atoms with Crippen LogP contribution in [0.15, 0.2) is 18.2 Å². The number of rotatable bonds is 3. The summed E-state index contributed by atoms with van der Waals surface area (Å²) in [5.41, 5.74) is 1.47. The first-order chi connectivity index (χ1) is 12.7. The van der Waals surface area contributed by atoms with Gasteiger partial charge in [-0.25, -0.2) is 0 Å². The van der Waals surface area contributed by atoms with E-state index in [1.54, 1.807) is 6.07 Å². The van der Waals surface area contributed by atoms with Gasteiger partial charge < -0.3 is 19.9 Å². The Morgan fingerprint density at radius 3 is 2.85 bits per heavy atom. The number of phenolic OH excluding ortho intramolecular Hbond substituents is 1. The number of fused-ring (bicyclic) bond motifs is 1. The van der Waals surface area contributed by atoms with E-state index in [9.17, 15) is 9.90 Å². The molecule has 1 amide bonds. The number of hydrogen-bond acceptors (Lipinski definition) is 5. The average molecular weight is 355 g/mol. The molecule has 1 aromatic heterocycles. The van der Waals surface area contributed by atoms with Gasteiger partial charge in [-0.15, -0.1) is 10.2 Å². The van der Waals surface area contributed by atoms with Gasteiger partial charge in [0.25, 0.3) is 5.91 Å². The molecule has 1 aromatic carbocycles. The van der Waals surface area contributed by atoms with Gasteiger partial charge in [-0.3, -0.25) is 4.79 Å². The number of nitrogens with zero attached hydrogens (tertiary/aromatic N) is 4. The number of benzene rings is 1. The van der Waals surface area contributed by atoms with Crippen molar-refractivity contribution in [1.29, 1.82) is 0 Å². The highest BCUT2D eigenvalue weighted by Crippen LogP contribution is 2.30. The molecule has 7 heteroatoms. The third-order valence-corrected chi connectivity index (χ3v) is 5.50. The molecule has 2 N–H and O–H groups in total. The molecular weight excluding hydrogens is 330 g/mol. The molecule has 1 fully saturated rings. The van der Waals surface area contributed by atoms with Crippen LogP contribution >= 0.6 is 0 Å². The predicted molar refractivity (Wildman–Crippen MR) is 97.1 cm³/mol. The molecule has 2 aliphatic rings. The van der Waals surface area contributed by atoms with Crippen LogP contribution in [0.5, 0.6) is 5.75 Å². The number of aromatic nitrogens is 3. The molecule has 3 heterocycles. The SMILES string of the molecule is CCc1ccc(O)c(C(=O)N2CCC(c3nnc4n3CCNC4)CC2)c1. The normalized spacial score (nSPS) is 18.0. The first-order valence-corrected chi connectivity index (χ1v) is 9.41. The molecule has 2 aromatic rings. The Morgan fingerprint density at radius 1 is 1.27 bits per heavy atom. The molecule has 0 saturated carbocycles. The van der Waals surface area contributed by atoms with Crippen LogP contribution in [0.4, 0.5) is 0 Å². The number of nitrogens with one attached hydrogen (secondary N) is 1. The second-order valence-electron chi connectivity index (χ2n) is 7.07. The summed E-state index contributed by atoms with van der Waals surface area (Å²) >= 11 is 0. The first-order valence-electron chi connectivity index (χ1n) is 9.41. The molecule has 138 valence electrons. The standard InChI is InChI=1S/C19H25N5O2/c1-2-13-3-4-16(25)15(11-13)19(26)23-8-5-14(6-9-23)18-22-21-17-12-20-7-10-24(17)18/h3-4,11,14,20,25H,2,5-10,12H2,1H3. The summed E-state index contributed by atoms with van der Waals surface area (Å²) in [6, 6.07) is 5.29. The number of aryl methyl sites for hydroxylation is 1. The third-order valence-electron chi connectivity index (χ3n) is 5.50. The number of piperidine rings is 1. The van der Waals surface area contributed by atoms with E-state index < -0.39 is 0 Å². The fourth-order valence-electron chi connectivity index (χ4n) is 3.90. The fourth-order valence-corrected chi connectivity index (χ4v) is 3.90. The van der Waals surface area contributed by atoms with E-state index in [4.69, 9.17) is 0 Å². The van der Waals surface area contributed by atoms with E-state index in [0.29, 0.717) is 24.6 Å². The molecule has 0 atom stereocenters. The summed E-state index contributed by atoms with van der Waals surface area (Å²) in [4.78, 5) is 14.7. The van der Waals surface area contributed by atoms with Gasteiger partial charge in [-0.05, 0) is 37.0 Å². The summed E-state index contributed by atoms with van der Waals surface area (Å²) in [6.07, 6.45) is 2.60. The van der Waals surface area contributed by atoms with Crippen molar-refractivity contribution >= 4 is 5.91 Å². The van der Waals surface area contributed by atoms with Crippen molar-refractivity contribution in [3.8, 4) is 5.75 Å². The van der Waals surface area contributed by atoms with Crippen LogP contribution in [-0.4, -0.2) is 50.3 Å². The highest BCUT2D eigenvalue weighted by atomic mass is 16.3. The zero-order valence-electron chi connectivity index (χ0n) is 15.1. The number of carbonyl (C=O) groups is 1. The van der Waals surface area contributed by atoms with Gasteiger partial charge in [0.1, 0.15) is 17.4 Å². The molecule has 0 unspecified atom stereocenters. The Morgan fingerprint density at radius 2 is 2.08 bits per heavy atom. The zero-order valence-corrected chi connectivity index (χ0v) is 15.1. The van der Waals surface area contributed by atoms with Crippen molar-refractivity contribution < 1.29 is 9.90 Å². The van der Waals surface area contributed by atoms with Crippen LogP contribution in [-0.2, 0) is 19.5 Å². The molecule has 7 nitrogen and oxygen atoms in total. The lowest BCUT2D eigenvalue weighted by molar-refractivity contribution is 0.0707. The molecule has 0 aliphatic carbocycles. The van der Waals surface area contributed by atoms with Gasteiger partial charge in [0.15, 0.2) is 0 Å². The quantitative estimate of drug-likeness (QED) is 0.875. The van der Waals surface area contributed by atoms with Crippen molar-refractivity contribution in [2.75, 3.05) is 19.6 Å². The molecule has 0 radical (unpaired) electrons. The second kappa shape index (κ2) is 7.07. The Kier molecular flexibility index (Phi) is 4.63. The molecule has 26 heavy (non-hydrogen) atoms. The number of hydrogen-bond donors (Lipinski definition) is 2. The Hall–Kier alpha value is -2.41. The van der Waals surface area contributed by atoms with Crippen LogP contribution in [0.25, 0.3) is 0 Å². The van der Waals surface area contributed by atoms with E-state index in [1.807, 2.05) is 24.0 Å². The Balaban J connectivity index is 1.45. The topological polar surface area (TPSA) is 83.3 Å². The number of phenols is 1. The lowest BCUT2D eigenvalue weighted by Gasteiger charge is -2.32. The summed E-state index contributed by atoms with van der Waals surface area (Å²) in [5.74, 6) is 2.39. The van der Waals surface area contributed by atoms with Crippen LogP contribution < -0.4 is 5.32 Å². The first kappa shape index (κ1) is 17.0. The minimum Gasteiger partial charge on any atom is -0.507 e. The summed E-state index contributed by atoms with van der Waals surface area (Å²) in [5, 5.41) is 22.1. The van der Waals surface area contributed by atoms with E-state index in [-0.39, 0.29) is 11.7 Å². The van der Waals surface area contributed by atoms with Crippen molar-refractivity contribution in [3.63, 3.8) is 0 Å². The molecule has 0 bridgehead atoms. The highest BCUT2D eigenvalue weighted by Gasteiger charge is 2.29. The molecule has 0 spiro atoms. The van der Waals surface area contributed by atoms with Gasteiger partial charge in [-0.2, -0.15) is 0 Å². The number of amides is 1. The maximum atomic E-state index is 12.8. The van der Waals surface area contributed by atoms with Crippen molar-refractivity contribution in [3.05, 3.63) is 41.0 Å². The smallest absolute Gasteiger partial charge is 0.257 e. The van der Waals surface area contributed by atoms with E-state index in [1.165, 1.54) is 0 Å². The minimum absolute atomic E-state index is 0.0633. The van der Waals surface area contributed by atoms with Crippen LogP contribution in [0.3, 0.4) is 0 Å². The largest absolute Gasteiger partial charge is 0.507 e. The van der Waals surface area contributed by atoms with Crippen LogP contribution in [0.2, 0.25) is 0 Å². The van der Waals surface area contributed by atoms with Gasteiger partial charge in [0.2, 0.25) is 0 Å². The van der Waals surface area contributed by atoms with E-state index in [0.717, 1.165) is 56.1 Å². The maximum absolute atomic E-state index is 12.8. The lowest BCUT2D eigenvalue weighted by Crippen LogP contribution is -2.39. The van der Waals surface area contributed by atoms with Crippen molar-refractivity contribution in [2.24, 2.45) is 0 Å². The summed E-state index contributed by atoms with van der Waals surface area (Å²) in [6.45, 7) is 6.04. The molecule has 1 saturated heterocycles. The second-order valence-corrected chi connectivity index (χ2v) is 7.07. The van der Waals surface area contributed by atoms with E-state index in [2.05, 4.69) is 20.1 Å². The summed E-state index contributed by atoms with van der Waals surface area (Å²) < 4.78 is 2.23. The number of carbonyl (C=O) groups excluding carboxylic acids is 1. The molecule has 2 aliphatic heterocycles. The van der Waals surface area contributed by atoms with Crippen LogP contribution in [0, 0.1) is 0 Å². The van der Waals surface area contributed by atoms with Crippen molar-refractivity contribution in [1.82, 2.24) is 25.0 Å².